The molecule has 6 nitrogen and oxygen atoms in total. The van der Waals surface area contributed by atoms with Crippen LogP contribution >= 0.6 is 23.2 Å². The van der Waals surface area contributed by atoms with E-state index in [0.29, 0.717) is 16.3 Å². The standard InChI is InChI=1S/C16H10Cl2N2O4/c17-13-2-1-9(6-14(13)18)20-16(24)12(15(23)19-20)5-8-3-10(21)7-11(22)4-8/h1-7,21-22H,(H,19,23)/b12-5+. The molecule has 0 aliphatic carbocycles. The second kappa shape index (κ2) is 6.07. The van der Waals surface area contributed by atoms with E-state index in [2.05, 4.69) is 5.43 Å². The fourth-order valence-electron chi connectivity index (χ4n) is 2.23. The first-order valence-electron chi connectivity index (χ1n) is 6.70. The summed E-state index contributed by atoms with van der Waals surface area (Å²) in [6.07, 6.45) is 1.27. The topological polar surface area (TPSA) is 89.9 Å². The minimum absolute atomic E-state index is 0.147. The maximum absolute atomic E-state index is 12.5. The van der Waals surface area contributed by atoms with Crippen molar-refractivity contribution in [2.45, 2.75) is 0 Å². The second-order valence-corrected chi connectivity index (χ2v) is 5.84. The highest BCUT2D eigenvalue weighted by Crippen LogP contribution is 2.29. The summed E-state index contributed by atoms with van der Waals surface area (Å²) in [4.78, 5) is 24.5. The summed E-state index contributed by atoms with van der Waals surface area (Å²) in [7, 11) is 0. The molecule has 1 saturated heterocycles. The zero-order valence-electron chi connectivity index (χ0n) is 12.0. The number of benzene rings is 2. The molecule has 24 heavy (non-hydrogen) atoms. The first-order valence-corrected chi connectivity index (χ1v) is 7.46. The molecule has 1 fully saturated rings. The van der Waals surface area contributed by atoms with Crippen molar-refractivity contribution in [2.24, 2.45) is 0 Å². The van der Waals surface area contributed by atoms with E-state index in [1.54, 1.807) is 0 Å². The molecule has 0 radical (unpaired) electrons. The van der Waals surface area contributed by atoms with Gasteiger partial charge in [-0.05, 0) is 42.0 Å². The number of carbonyl (C=O) groups excluding carboxylic acids is 2. The number of phenols is 2. The Morgan fingerprint density at radius 3 is 2.25 bits per heavy atom. The molecule has 1 heterocycles. The van der Waals surface area contributed by atoms with Gasteiger partial charge in [0.2, 0.25) is 0 Å². The van der Waals surface area contributed by atoms with Crippen molar-refractivity contribution in [3.05, 3.63) is 57.6 Å². The number of hydrogen-bond acceptors (Lipinski definition) is 4. The Kier molecular flexibility index (Phi) is 4.09. The van der Waals surface area contributed by atoms with Crippen LogP contribution in [0, 0.1) is 0 Å². The van der Waals surface area contributed by atoms with E-state index in [1.807, 2.05) is 0 Å². The Balaban J connectivity index is 1.96. The van der Waals surface area contributed by atoms with Crippen molar-refractivity contribution < 1.29 is 19.8 Å². The number of hydrazine groups is 1. The van der Waals surface area contributed by atoms with Crippen molar-refractivity contribution in [3.63, 3.8) is 0 Å². The van der Waals surface area contributed by atoms with E-state index in [4.69, 9.17) is 23.2 Å². The lowest BCUT2D eigenvalue weighted by Gasteiger charge is -2.15. The number of nitrogens with zero attached hydrogens (tertiary/aromatic N) is 1. The molecule has 3 rings (SSSR count). The largest absolute Gasteiger partial charge is 0.508 e. The van der Waals surface area contributed by atoms with Crippen LogP contribution in [0.2, 0.25) is 10.0 Å². The van der Waals surface area contributed by atoms with Gasteiger partial charge in [0.1, 0.15) is 17.1 Å². The molecule has 8 heteroatoms. The monoisotopic (exact) mass is 364 g/mol. The molecule has 2 aromatic carbocycles. The highest BCUT2D eigenvalue weighted by molar-refractivity contribution is 6.42. The molecule has 122 valence electrons. The number of aromatic hydroxyl groups is 2. The van der Waals surface area contributed by atoms with E-state index in [1.165, 1.54) is 36.4 Å². The van der Waals surface area contributed by atoms with Crippen LogP contribution in [-0.4, -0.2) is 22.0 Å². The fraction of sp³-hybridized carbons (Fsp3) is 0. The van der Waals surface area contributed by atoms with Crippen LogP contribution in [0.3, 0.4) is 0 Å². The van der Waals surface area contributed by atoms with Crippen molar-refractivity contribution in [1.29, 1.82) is 0 Å². The summed E-state index contributed by atoms with van der Waals surface area (Å²) in [5, 5.41) is 20.6. The molecular formula is C16H10Cl2N2O4. The van der Waals surface area contributed by atoms with Crippen LogP contribution in [0.1, 0.15) is 5.56 Å². The van der Waals surface area contributed by atoms with Gasteiger partial charge in [-0.2, -0.15) is 0 Å². The zero-order chi connectivity index (χ0) is 17.4. The van der Waals surface area contributed by atoms with Crippen LogP contribution in [0.25, 0.3) is 6.08 Å². The summed E-state index contributed by atoms with van der Waals surface area (Å²) < 4.78 is 0. The molecule has 0 spiro atoms. The summed E-state index contributed by atoms with van der Waals surface area (Å²) >= 11 is 11.8. The number of carbonyl (C=O) groups is 2. The lowest BCUT2D eigenvalue weighted by atomic mass is 10.1. The zero-order valence-corrected chi connectivity index (χ0v) is 13.5. The minimum atomic E-state index is -0.617. The van der Waals surface area contributed by atoms with Crippen molar-refractivity contribution in [1.82, 2.24) is 5.43 Å². The van der Waals surface area contributed by atoms with E-state index in [9.17, 15) is 19.8 Å². The number of anilines is 1. The summed E-state index contributed by atoms with van der Waals surface area (Å²) in [6.45, 7) is 0. The van der Waals surface area contributed by atoms with E-state index in [0.717, 1.165) is 11.1 Å². The van der Waals surface area contributed by atoms with Gasteiger partial charge in [0.25, 0.3) is 11.8 Å². The van der Waals surface area contributed by atoms with Gasteiger partial charge >= 0.3 is 0 Å². The smallest absolute Gasteiger partial charge is 0.282 e. The Morgan fingerprint density at radius 1 is 0.958 bits per heavy atom. The van der Waals surface area contributed by atoms with Gasteiger partial charge in [0, 0.05) is 6.07 Å². The highest BCUT2D eigenvalue weighted by atomic mass is 35.5. The molecule has 3 N–H and O–H groups in total. The molecule has 1 aliphatic rings. The first-order chi connectivity index (χ1) is 11.3. The van der Waals surface area contributed by atoms with Gasteiger partial charge < -0.3 is 10.2 Å². The average molecular weight is 365 g/mol. The molecule has 0 atom stereocenters. The second-order valence-electron chi connectivity index (χ2n) is 5.02. The fourth-order valence-corrected chi connectivity index (χ4v) is 2.52. The van der Waals surface area contributed by atoms with E-state index >= 15 is 0 Å². The number of hydrogen-bond donors (Lipinski definition) is 3. The molecule has 0 aromatic heterocycles. The summed E-state index contributed by atoms with van der Waals surface area (Å²) in [6, 6.07) is 8.26. The van der Waals surface area contributed by atoms with Crippen LogP contribution in [0.15, 0.2) is 42.0 Å². The minimum Gasteiger partial charge on any atom is -0.508 e. The predicted molar refractivity (Wildman–Crippen MR) is 89.8 cm³/mol. The van der Waals surface area contributed by atoms with Crippen molar-refractivity contribution in [2.75, 3.05) is 5.01 Å². The third kappa shape index (κ3) is 3.02. The Morgan fingerprint density at radius 2 is 1.62 bits per heavy atom. The van der Waals surface area contributed by atoms with Gasteiger partial charge in [0.15, 0.2) is 0 Å². The first kappa shape index (κ1) is 16.2. The van der Waals surface area contributed by atoms with Crippen molar-refractivity contribution >= 4 is 46.8 Å². The van der Waals surface area contributed by atoms with Gasteiger partial charge in [-0.15, -0.1) is 0 Å². The number of rotatable bonds is 2. The Labute approximate surface area is 146 Å². The quantitative estimate of drug-likeness (QED) is 0.564. The van der Waals surface area contributed by atoms with Crippen LogP contribution in [0.5, 0.6) is 11.5 Å². The van der Waals surface area contributed by atoms with Gasteiger partial charge in [-0.3, -0.25) is 15.0 Å². The highest BCUT2D eigenvalue weighted by Gasteiger charge is 2.34. The summed E-state index contributed by atoms with van der Waals surface area (Å²) in [5.41, 5.74) is 2.93. The predicted octanol–water partition coefficient (Wildman–Crippen LogP) is 2.87. The molecule has 2 aromatic rings. The lowest BCUT2D eigenvalue weighted by molar-refractivity contribution is -0.117. The van der Waals surface area contributed by atoms with Crippen LogP contribution < -0.4 is 10.4 Å². The number of amides is 2. The maximum atomic E-state index is 12.5. The van der Waals surface area contributed by atoms with Crippen molar-refractivity contribution in [3.8, 4) is 11.5 Å². The molecule has 2 amide bonds. The maximum Gasteiger partial charge on any atom is 0.282 e. The third-order valence-corrected chi connectivity index (χ3v) is 4.03. The van der Waals surface area contributed by atoms with Crippen LogP contribution in [0.4, 0.5) is 5.69 Å². The van der Waals surface area contributed by atoms with Gasteiger partial charge in [-0.25, -0.2) is 5.01 Å². The SMILES string of the molecule is O=C1NN(c2ccc(Cl)c(Cl)c2)C(=O)/C1=C/c1cc(O)cc(O)c1. The number of halogens is 2. The molecular weight excluding hydrogens is 355 g/mol. The van der Waals surface area contributed by atoms with E-state index < -0.39 is 11.8 Å². The van der Waals surface area contributed by atoms with Gasteiger partial charge in [0.05, 0.1) is 15.7 Å². The average Bonchev–Trinajstić information content (AvgIpc) is 2.77. The lowest BCUT2D eigenvalue weighted by Crippen LogP contribution is -2.35. The van der Waals surface area contributed by atoms with Gasteiger partial charge in [-0.1, -0.05) is 23.2 Å². The number of nitrogens with one attached hydrogen (secondary N) is 1. The van der Waals surface area contributed by atoms with Crippen LogP contribution in [-0.2, 0) is 9.59 Å². The molecule has 1 aliphatic heterocycles. The Bertz CT molecular complexity index is 875. The third-order valence-electron chi connectivity index (χ3n) is 3.29. The summed E-state index contributed by atoms with van der Waals surface area (Å²) in [5.74, 6) is -1.58. The molecule has 0 unspecified atom stereocenters. The Hall–Kier alpha value is -2.70. The number of phenolic OH excluding ortho intramolecular Hbond substituents is 2. The normalized spacial score (nSPS) is 15.9. The molecule has 0 bridgehead atoms. The molecule has 0 saturated carbocycles. The van der Waals surface area contributed by atoms with E-state index in [-0.39, 0.29) is 22.1 Å².